The minimum atomic E-state index is -3.80. The molecular formula is C13H13ClN2O4S. The van der Waals surface area contributed by atoms with Crippen LogP contribution in [-0.4, -0.2) is 27.6 Å². The molecule has 1 N–H and O–H groups in total. The largest absolute Gasteiger partial charge is 0.497 e. The molecule has 0 aliphatic heterocycles. The molecule has 0 fully saturated rings. The monoisotopic (exact) mass is 328 g/mol. The lowest BCUT2D eigenvalue weighted by atomic mass is 10.3. The van der Waals surface area contributed by atoms with Crippen LogP contribution in [0.3, 0.4) is 0 Å². The molecule has 6 nitrogen and oxygen atoms in total. The average Bonchev–Trinajstić information content (AvgIpc) is 2.46. The molecule has 0 saturated heterocycles. The highest BCUT2D eigenvalue weighted by molar-refractivity contribution is 7.92. The maximum absolute atomic E-state index is 12.3. The van der Waals surface area contributed by atoms with Gasteiger partial charge in [-0.3, -0.25) is 4.72 Å². The van der Waals surface area contributed by atoms with Crippen molar-refractivity contribution in [3.63, 3.8) is 0 Å². The molecule has 112 valence electrons. The summed E-state index contributed by atoms with van der Waals surface area (Å²) in [7, 11) is -0.867. The zero-order chi connectivity index (χ0) is 15.5. The van der Waals surface area contributed by atoms with Crippen LogP contribution in [0.5, 0.6) is 11.5 Å². The Morgan fingerprint density at radius 3 is 2.52 bits per heavy atom. The Balaban J connectivity index is 2.40. The Hall–Kier alpha value is -1.99. The van der Waals surface area contributed by atoms with Crippen molar-refractivity contribution in [1.82, 2.24) is 4.98 Å². The van der Waals surface area contributed by atoms with Crippen molar-refractivity contribution in [2.75, 3.05) is 18.9 Å². The molecule has 1 aromatic heterocycles. The van der Waals surface area contributed by atoms with Crippen LogP contribution in [0.2, 0.25) is 5.15 Å². The molecule has 0 saturated carbocycles. The van der Waals surface area contributed by atoms with Gasteiger partial charge in [-0.15, -0.1) is 0 Å². The highest BCUT2D eigenvalue weighted by Crippen LogP contribution is 2.30. The minimum absolute atomic E-state index is 0.00683. The lowest BCUT2D eigenvalue weighted by Crippen LogP contribution is -2.13. The second kappa shape index (κ2) is 6.19. The molecule has 0 aliphatic carbocycles. The summed E-state index contributed by atoms with van der Waals surface area (Å²) in [6, 6.07) is 7.41. The lowest BCUT2D eigenvalue weighted by Gasteiger charge is -2.13. The van der Waals surface area contributed by atoms with Gasteiger partial charge in [-0.05, 0) is 24.3 Å². The van der Waals surface area contributed by atoms with Gasteiger partial charge in [-0.25, -0.2) is 13.4 Å². The Bertz CT molecular complexity index is 750. The van der Waals surface area contributed by atoms with Crippen molar-refractivity contribution in [2.45, 2.75) is 4.90 Å². The summed E-state index contributed by atoms with van der Waals surface area (Å²) in [5.41, 5.74) is 0.268. The van der Waals surface area contributed by atoms with Gasteiger partial charge in [0, 0.05) is 12.3 Å². The van der Waals surface area contributed by atoms with Crippen molar-refractivity contribution < 1.29 is 17.9 Å². The minimum Gasteiger partial charge on any atom is -0.497 e. The van der Waals surface area contributed by atoms with E-state index >= 15 is 0 Å². The quantitative estimate of drug-likeness (QED) is 0.853. The molecule has 0 aliphatic rings. The van der Waals surface area contributed by atoms with Crippen LogP contribution in [0.15, 0.2) is 41.4 Å². The summed E-state index contributed by atoms with van der Waals surface area (Å²) in [5, 5.41) is 0.0930. The molecule has 2 rings (SSSR count). The second-order valence-corrected chi connectivity index (χ2v) is 6.06. The van der Waals surface area contributed by atoms with E-state index in [1.54, 1.807) is 12.1 Å². The van der Waals surface area contributed by atoms with Gasteiger partial charge >= 0.3 is 0 Å². The number of methoxy groups -OCH3 is 2. The predicted molar refractivity (Wildman–Crippen MR) is 79.6 cm³/mol. The number of benzene rings is 1. The van der Waals surface area contributed by atoms with Gasteiger partial charge in [0.2, 0.25) is 0 Å². The van der Waals surface area contributed by atoms with Gasteiger partial charge in [-0.2, -0.15) is 0 Å². The third kappa shape index (κ3) is 3.56. The van der Waals surface area contributed by atoms with E-state index in [-0.39, 0.29) is 15.7 Å². The summed E-state index contributed by atoms with van der Waals surface area (Å²) in [5.74, 6) is 0.876. The van der Waals surface area contributed by atoms with Crippen LogP contribution in [-0.2, 0) is 10.0 Å². The van der Waals surface area contributed by atoms with Crippen molar-refractivity contribution in [2.24, 2.45) is 0 Å². The van der Waals surface area contributed by atoms with E-state index in [2.05, 4.69) is 9.71 Å². The molecule has 0 unspecified atom stereocenters. The number of halogens is 1. The third-order valence-electron chi connectivity index (χ3n) is 2.66. The number of anilines is 1. The first-order chi connectivity index (χ1) is 9.96. The Morgan fingerprint density at radius 2 is 1.90 bits per heavy atom. The SMILES string of the molecule is COc1ccc(OC)c(NS(=O)(=O)c2ccnc(Cl)c2)c1. The summed E-state index contributed by atoms with van der Waals surface area (Å²) in [6.45, 7) is 0. The predicted octanol–water partition coefficient (Wildman–Crippen LogP) is 2.55. The number of aromatic nitrogens is 1. The van der Waals surface area contributed by atoms with Crippen LogP contribution in [0.4, 0.5) is 5.69 Å². The number of hydrogen-bond acceptors (Lipinski definition) is 5. The molecule has 2 aromatic rings. The van der Waals surface area contributed by atoms with Crippen LogP contribution >= 0.6 is 11.6 Å². The van der Waals surface area contributed by atoms with Crippen LogP contribution in [0.25, 0.3) is 0 Å². The first-order valence-electron chi connectivity index (χ1n) is 5.82. The van der Waals surface area contributed by atoms with Crippen molar-refractivity contribution in [3.8, 4) is 11.5 Å². The number of nitrogens with one attached hydrogen (secondary N) is 1. The normalized spacial score (nSPS) is 11.0. The Labute approximate surface area is 127 Å². The molecule has 1 heterocycles. The molecule has 0 bridgehead atoms. The molecular weight excluding hydrogens is 316 g/mol. The lowest BCUT2D eigenvalue weighted by molar-refractivity contribution is 0.405. The van der Waals surface area contributed by atoms with Crippen molar-refractivity contribution >= 4 is 27.3 Å². The van der Waals surface area contributed by atoms with E-state index in [0.717, 1.165) is 0 Å². The van der Waals surface area contributed by atoms with Gasteiger partial charge < -0.3 is 9.47 Å². The molecule has 21 heavy (non-hydrogen) atoms. The molecule has 0 atom stereocenters. The zero-order valence-electron chi connectivity index (χ0n) is 11.3. The molecule has 0 amide bonds. The van der Waals surface area contributed by atoms with E-state index in [4.69, 9.17) is 21.1 Å². The molecule has 0 radical (unpaired) electrons. The molecule has 1 aromatic carbocycles. The summed E-state index contributed by atoms with van der Waals surface area (Å²) >= 11 is 5.71. The summed E-state index contributed by atoms with van der Waals surface area (Å²) < 4.78 is 37.3. The van der Waals surface area contributed by atoms with Gasteiger partial charge in [0.25, 0.3) is 10.0 Å². The smallest absolute Gasteiger partial charge is 0.262 e. The maximum atomic E-state index is 12.3. The van der Waals surface area contributed by atoms with Gasteiger partial charge in [0.1, 0.15) is 16.7 Å². The Kier molecular flexibility index (Phi) is 4.54. The van der Waals surface area contributed by atoms with E-state index in [1.165, 1.54) is 38.6 Å². The number of hydrogen-bond donors (Lipinski definition) is 1. The van der Waals surface area contributed by atoms with E-state index in [9.17, 15) is 8.42 Å². The van der Waals surface area contributed by atoms with Crippen molar-refractivity contribution in [1.29, 1.82) is 0 Å². The number of rotatable bonds is 5. The van der Waals surface area contributed by atoms with Gasteiger partial charge in [0.05, 0.1) is 24.8 Å². The van der Waals surface area contributed by atoms with Gasteiger partial charge in [0.15, 0.2) is 0 Å². The van der Waals surface area contributed by atoms with Crippen LogP contribution in [0.1, 0.15) is 0 Å². The van der Waals surface area contributed by atoms with Crippen LogP contribution < -0.4 is 14.2 Å². The van der Waals surface area contributed by atoms with Crippen molar-refractivity contribution in [3.05, 3.63) is 41.7 Å². The maximum Gasteiger partial charge on any atom is 0.262 e. The first-order valence-corrected chi connectivity index (χ1v) is 7.69. The summed E-state index contributed by atoms with van der Waals surface area (Å²) in [6.07, 6.45) is 1.32. The highest BCUT2D eigenvalue weighted by atomic mass is 35.5. The molecule has 8 heteroatoms. The number of sulfonamides is 1. The fourth-order valence-electron chi connectivity index (χ4n) is 1.65. The third-order valence-corrected chi connectivity index (χ3v) is 4.23. The number of ether oxygens (including phenoxy) is 2. The topological polar surface area (TPSA) is 77.5 Å². The average molecular weight is 329 g/mol. The fraction of sp³-hybridized carbons (Fsp3) is 0.154. The van der Waals surface area contributed by atoms with Gasteiger partial charge in [-0.1, -0.05) is 11.6 Å². The van der Waals surface area contributed by atoms with E-state index in [0.29, 0.717) is 11.5 Å². The number of pyridine rings is 1. The summed E-state index contributed by atoms with van der Waals surface area (Å²) in [4.78, 5) is 3.76. The second-order valence-electron chi connectivity index (χ2n) is 3.99. The van der Waals surface area contributed by atoms with E-state index in [1.807, 2.05) is 0 Å². The standard InChI is InChI=1S/C13H13ClN2O4S/c1-19-9-3-4-12(20-2)11(7-9)16-21(17,18)10-5-6-15-13(14)8-10/h3-8,16H,1-2H3. The molecule has 0 spiro atoms. The first kappa shape index (κ1) is 15.4. The Morgan fingerprint density at radius 1 is 1.14 bits per heavy atom. The zero-order valence-corrected chi connectivity index (χ0v) is 12.9. The van der Waals surface area contributed by atoms with Crippen LogP contribution in [0, 0.1) is 0 Å². The number of nitrogens with zero attached hydrogens (tertiary/aromatic N) is 1. The highest BCUT2D eigenvalue weighted by Gasteiger charge is 2.17. The fourth-order valence-corrected chi connectivity index (χ4v) is 2.96. The van der Waals surface area contributed by atoms with E-state index < -0.39 is 10.0 Å².